The highest BCUT2D eigenvalue weighted by molar-refractivity contribution is 6.01. The summed E-state index contributed by atoms with van der Waals surface area (Å²) in [7, 11) is 1.59. The molecule has 0 aromatic heterocycles. The fourth-order valence-corrected chi connectivity index (χ4v) is 2.49. The van der Waals surface area contributed by atoms with Crippen LogP contribution < -0.4 is 19.5 Å². The zero-order valence-electron chi connectivity index (χ0n) is 16.6. The lowest BCUT2D eigenvalue weighted by Crippen LogP contribution is -2.23. The maximum Gasteiger partial charge on any atom is 0.262 e. The number of hydrogen-bond donors (Lipinski definition) is 1. The van der Waals surface area contributed by atoms with Crippen LogP contribution in [0.1, 0.15) is 18.1 Å². The van der Waals surface area contributed by atoms with Crippen molar-refractivity contribution in [3.8, 4) is 23.3 Å². The molecule has 0 aliphatic rings. The molecule has 0 saturated carbocycles. The summed E-state index contributed by atoms with van der Waals surface area (Å²) in [5.74, 6) is 1.40. The maximum atomic E-state index is 12.4. The van der Waals surface area contributed by atoms with Gasteiger partial charge in [0.1, 0.15) is 24.0 Å². The third-order valence-electron chi connectivity index (χ3n) is 3.91. The first kappa shape index (κ1) is 21.6. The van der Waals surface area contributed by atoms with Crippen LogP contribution in [0, 0.1) is 11.3 Å². The van der Waals surface area contributed by atoms with Gasteiger partial charge in [-0.3, -0.25) is 4.79 Å². The lowest BCUT2D eigenvalue weighted by atomic mass is 10.1. The number of carbonyl (C=O) groups is 1. The summed E-state index contributed by atoms with van der Waals surface area (Å²) < 4.78 is 16.3. The maximum absolute atomic E-state index is 12.4. The molecule has 0 aliphatic carbocycles. The number of nitrogens with zero attached hydrogens (tertiary/aromatic N) is 1. The lowest BCUT2D eigenvalue weighted by molar-refractivity contribution is -0.117. The van der Waals surface area contributed by atoms with E-state index in [2.05, 4.69) is 11.9 Å². The Morgan fingerprint density at radius 1 is 1.17 bits per heavy atom. The van der Waals surface area contributed by atoms with Gasteiger partial charge in [0.15, 0.2) is 11.5 Å². The molecule has 0 fully saturated rings. The molecule has 0 heterocycles. The van der Waals surface area contributed by atoms with E-state index in [4.69, 9.17) is 14.2 Å². The van der Waals surface area contributed by atoms with Gasteiger partial charge in [-0.25, -0.2) is 0 Å². The zero-order valence-corrected chi connectivity index (χ0v) is 16.6. The summed E-state index contributed by atoms with van der Waals surface area (Å²) in [6.45, 7) is 6.62. The van der Waals surface area contributed by atoms with Crippen LogP contribution in [0.5, 0.6) is 17.2 Å². The van der Waals surface area contributed by atoms with Crippen molar-refractivity contribution < 1.29 is 19.0 Å². The first-order chi connectivity index (χ1) is 14.1. The zero-order chi connectivity index (χ0) is 21.1. The molecular weight excluding hydrogens is 368 g/mol. The van der Waals surface area contributed by atoms with Crippen LogP contribution in [0.15, 0.2) is 60.7 Å². The summed E-state index contributed by atoms with van der Waals surface area (Å²) in [4.78, 5) is 12.4. The molecule has 0 aliphatic heterocycles. The lowest BCUT2D eigenvalue weighted by Gasteiger charge is -2.11. The van der Waals surface area contributed by atoms with Gasteiger partial charge in [-0.2, -0.15) is 5.26 Å². The Balaban J connectivity index is 2.12. The van der Waals surface area contributed by atoms with E-state index in [-0.39, 0.29) is 5.57 Å². The van der Waals surface area contributed by atoms with Crippen molar-refractivity contribution in [2.75, 3.05) is 20.3 Å². The predicted molar refractivity (Wildman–Crippen MR) is 112 cm³/mol. The Kier molecular flexibility index (Phi) is 8.33. The van der Waals surface area contributed by atoms with E-state index in [9.17, 15) is 10.1 Å². The second-order valence-corrected chi connectivity index (χ2v) is 5.94. The Morgan fingerprint density at radius 3 is 2.55 bits per heavy atom. The summed E-state index contributed by atoms with van der Waals surface area (Å²) in [6, 6.07) is 14.5. The average Bonchev–Trinajstić information content (AvgIpc) is 2.75. The van der Waals surface area contributed by atoms with Gasteiger partial charge in [-0.05, 0) is 48.4 Å². The highest BCUT2D eigenvalue weighted by atomic mass is 16.5. The summed E-state index contributed by atoms with van der Waals surface area (Å²) >= 11 is 0. The molecule has 1 N–H and O–H groups in total. The van der Waals surface area contributed by atoms with Crippen LogP contribution in [0.2, 0.25) is 0 Å². The molecule has 0 unspecified atom stereocenters. The molecule has 0 bridgehead atoms. The molecule has 6 heteroatoms. The van der Waals surface area contributed by atoms with E-state index >= 15 is 0 Å². The third-order valence-corrected chi connectivity index (χ3v) is 3.91. The van der Waals surface area contributed by atoms with Crippen LogP contribution in [0.25, 0.3) is 6.08 Å². The minimum absolute atomic E-state index is 0.000667. The van der Waals surface area contributed by atoms with Gasteiger partial charge in [0.05, 0.1) is 13.7 Å². The van der Waals surface area contributed by atoms with Gasteiger partial charge in [-0.1, -0.05) is 30.9 Å². The average molecular weight is 392 g/mol. The molecule has 0 atom stereocenters. The first-order valence-corrected chi connectivity index (χ1v) is 9.14. The van der Waals surface area contributed by atoms with Crippen molar-refractivity contribution in [2.24, 2.45) is 0 Å². The molecule has 2 aromatic carbocycles. The van der Waals surface area contributed by atoms with Crippen LogP contribution >= 0.6 is 0 Å². The van der Waals surface area contributed by atoms with Gasteiger partial charge >= 0.3 is 0 Å². The number of amides is 1. The molecule has 0 spiro atoms. The first-order valence-electron chi connectivity index (χ1n) is 9.14. The SMILES string of the molecule is C=CCOc1ccc(/C=C(/C#N)C(=O)NCc2ccc(OC)cc2)cc1OCC. The number of carbonyl (C=O) groups excluding carboxylic acids is 1. The Morgan fingerprint density at radius 2 is 1.93 bits per heavy atom. The molecule has 0 saturated heterocycles. The molecule has 2 rings (SSSR count). The standard InChI is InChI=1S/C23H24N2O4/c1-4-12-29-21-11-8-18(14-22(21)28-5-2)13-19(15-24)23(26)25-16-17-6-9-20(27-3)10-7-17/h4,6-11,13-14H,1,5,12,16H2,2-3H3,(H,25,26)/b19-13-. The second-order valence-electron chi connectivity index (χ2n) is 5.94. The van der Waals surface area contributed by atoms with Crippen molar-refractivity contribution in [2.45, 2.75) is 13.5 Å². The summed E-state index contributed by atoms with van der Waals surface area (Å²) in [5.41, 5.74) is 1.56. The largest absolute Gasteiger partial charge is 0.497 e. The van der Waals surface area contributed by atoms with Crippen molar-refractivity contribution in [3.63, 3.8) is 0 Å². The minimum atomic E-state index is -0.451. The molecule has 29 heavy (non-hydrogen) atoms. The quantitative estimate of drug-likeness (QED) is 0.377. The second kappa shape index (κ2) is 11.2. The van der Waals surface area contributed by atoms with Crippen molar-refractivity contribution in [3.05, 3.63) is 71.8 Å². The van der Waals surface area contributed by atoms with E-state index < -0.39 is 5.91 Å². The highest BCUT2D eigenvalue weighted by Gasteiger charge is 2.11. The minimum Gasteiger partial charge on any atom is -0.497 e. The molecular formula is C23H24N2O4. The third kappa shape index (κ3) is 6.43. The van der Waals surface area contributed by atoms with E-state index in [1.807, 2.05) is 37.3 Å². The fraction of sp³-hybridized carbons (Fsp3) is 0.217. The topological polar surface area (TPSA) is 80.6 Å². The normalized spacial score (nSPS) is 10.6. The number of nitriles is 1. The number of methoxy groups -OCH3 is 1. The van der Waals surface area contributed by atoms with Crippen LogP contribution in [-0.4, -0.2) is 26.2 Å². The van der Waals surface area contributed by atoms with E-state index in [0.29, 0.717) is 36.8 Å². The van der Waals surface area contributed by atoms with E-state index in [0.717, 1.165) is 11.3 Å². The highest BCUT2D eigenvalue weighted by Crippen LogP contribution is 2.29. The number of benzene rings is 2. The summed E-state index contributed by atoms with van der Waals surface area (Å²) in [6.07, 6.45) is 3.16. The molecule has 150 valence electrons. The van der Waals surface area contributed by atoms with Crippen LogP contribution in [-0.2, 0) is 11.3 Å². The van der Waals surface area contributed by atoms with Gasteiger partial charge < -0.3 is 19.5 Å². The van der Waals surface area contributed by atoms with E-state index in [1.165, 1.54) is 6.08 Å². The molecule has 1 amide bonds. The van der Waals surface area contributed by atoms with Gasteiger partial charge in [-0.15, -0.1) is 0 Å². The Hall–Kier alpha value is -3.72. The number of nitrogens with one attached hydrogen (secondary N) is 1. The molecule has 2 aromatic rings. The number of rotatable bonds is 10. The van der Waals surface area contributed by atoms with Crippen molar-refractivity contribution in [1.82, 2.24) is 5.32 Å². The van der Waals surface area contributed by atoms with Crippen molar-refractivity contribution in [1.29, 1.82) is 5.26 Å². The number of hydrogen-bond acceptors (Lipinski definition) is 5. The van der Waals surface area contributed by atoms with Crippen LogP contribution in [0.3, 0.4) is 0 Å². The van der Waals surface area contributed by atoms with Crippen molar-refractivity contribution >= 4 is 12.0 Å². The molecule has 0 radical (unpaired) electrons. The molecule has 6 nitrogen and oxygen atoms in total. The fourth-order valence-electron chi connectivity index (χ4n) is 2.49. The monoisotopic (exact) mass is 392 g/mol. The van der Waals surface area contributed by atoms with Gasteiger partial charge in [0.2, 0.25) is 0 Å². The smallest absolute Gasteiger partial charge is 0.262 e. The predicted octanol–water partition coefficient (Wildman–Crippen LogP) is 3.88. The van der Waals surface area contributed by atoms with Gasteiger partial charge in [0, 0.05) is 6.54 Å². The van der Waals surface area contributed by atoms with Crippen LogP contribution in [0.4, 0.5) is 0 Å². The van der Waals surface area contributed by atoms with E-state index in [1.54, 1.807) is 31.4 Å². The number of ether oxygens (including phenoxy) is 3. The Bertz CT molecular complexity index is 911. The Labute approximate surface area is 171 Å². The summed E-state index contributed by atoms with van der Waals surface area (Å²) in [5, 5.41) is 12.2. The van der Waals surface area contributed by atoms with Gasteiger partial charge in [0.25, 0.3) is 5.91 Å².